The summed E-state index contributed by atoms with van der Waals surface area (Å²) in [7, 11) is 0. The minimum atomic E-state index is -1.10. The van der Waals surface area contributed by atoms with Crippen molar-refractivity contribution >= 4 is 52.1 Å². The van der Waals surface area contributed by atoms with Crippen LogP contribution in [0.2, 0.25) is 5.02 Å². The van der Waals surface area contributed by atoms with E-state index in [1.807, 2.05) is 48.9 Å². The van der Waals surface area contributed by atoms with Crippen LogP contribution in [0.25, 0.3) is 22.0 Å². The van der Waals surface area contributed by atoms with E-state index in [4.69, 9.17) is 31.9 Å². The van der Waals surface area contributed by atoms with Gasteiger partial charge in [-0.3, -0.25) is 29.3 Å². The molecular formula is C56H65ClF2N8O7. The Balaban J connectivity index is 0.732. The number of imide groups is 1. The van der Waals surface area contributed by atoms with Crippen LogP contribution in [-0.4, -0.2) is 114 Å². The standard InChI is InChI=1S/C56H65ClF2N8O7/c1-3-67-43-29-37(11-14-40(43)53(63-67)66-26-21-46(69)62-55(66)72)35-19-22-64(23-20-35)31-34-17-24-65(25-18-34)54(71)36-9-12-39(13-10-36)61-32-56(38-7-5-4-6-8-38)33(2)47-45(74-56)30-42(58)50(57)49(47)48-41(52(60)70)15-16-44(51(48)59)73-28-27-68/h4-8,11,14-16,29-30,33-36,39,61,68H,3,9-10,12-13,17-28,31-32H2,1-2H3,(H2,60,70)(H,62,69,72). The molecule has 0 spiro atoms. The number of amides is 5. The zero-order valence-electron chi connectivity index (χ0n) is 42.0. The third kappa shape index (κ3) is 9.83. The molecular weight excluding hydrogens is 970 g/mol. The summed E-state index contributed by atoms with van der Waals surface area (Å²) in [5.41, 5.74) is 7.62. The van der Waals surface area contributed by atoms with Gasteiger partial charge in [-0.1, -0.05) is 54.9 Å². The maximum atomic E-state index is 16.5. The number of carbonyl (C=O) groups is 4. The highest BCUT2D eigenvalue weighted by molar-refractivity contribution is 6.34. The normalized spacial score (nSPS) is 23.0. The van der Waals surface area contributed by atoms with Crippen LogP contribution >= 0.6 is 11.6 Å². The van der Waals surface area contributed by atoms with Crippen molar-refractivity contribution in [2.45, 2.75) is 102 Å². The Morgan fingerprint density at radius 2 is 1.69 bits per heavy atom. The molecule has 15 nitrogen and oxygen atoms in total. The highest BCUT2D eigenvalue weighted by Crippen LogP contribution is 2.56. The Labute approximate surface area is 434 Å². The van der Waals surface area contributed by atoms with E-state index in [2.05, 4.69) is 38.6 Å². The van der Waals surface area contributed by atoms with E-state index in [1.165, 1.54) is 23.8 Å². The highest BCUT2D eigenvalue weighted by atomic mass is 35.5. The number of benzene rings is 4. The van der Waals surface area contributed by atoms with Crippen LogP contribution in [0.4, 0.5) is 19.4 Å². The minimum Gasteiger partial charge on any atom is -0.488 e. The van der Waals surface area contributed by atoms with Crippen LogP contribution in [0.15, 0.2) is 66.7 Å². The number of aryl methyl sites for hydroxylation is 1. The van der Waals surface area contributed by atoms with Gasteiger partial charge in [0.25, 0.3) is 0 Å². The van der Waals surface area contributed by atoms with E-state index < -0.39 is 40.1 Å². The Kier molecular flexibility index (Phi) is 15.0. The number of hydrogen-bond acceptors (Lipinski definition) is 10. The number of primary amides is 1. The molecule has 1 saturated carbocycles. The van der Waals surface area contributed by atoms with Crippen LogP contribution in [-0.2, 0) is 21.7 Å². The number of ether oxygens (including phenoxy) is 2. The number of aromatic nitrogens is 2. The molecule has 10 rings (SSSR count). The number of nitrogens with two attached hydrogens (primary N) is 1. The molecule has 74 heavy (non-hydrogen) atoms. The summed E-state index contributed by atoms with van der Waals surface area (Å²) in [6.07, 6.45) is 7.42. The number of rotatable bonds is 15. The first-order valence-corrected chi connectivity index (χ1v) is 26.6. The molecule has 18 heteroatoms. The second-order valence-corrected chi connectivity index (χ2v) is 21.1. The number of nitrogens with one attached hydrogen (secondary N) is 2. The fourth-order valence-corrected chi connectivity index (χ4v) is 12.6. The smallest absolute Gasteiger partial charge is 0.329 e. The summed E-state index contributed by atoms with van der Waals surface area (Å²) >= 11 is 6.73. The zero-order chi connectivity index (χ0) is 51.8. The molecule has 0 bridgehead atoms. The van der Waals surface area contributed by atoms with Crippen molar-refractivity contribution in [1.82, 2.24) is 30.2 Å². The fourth-order valence-electron chi connectivity index (χ4n) is 12.4. The van der Waals surface area contributed by atoms with Gasteiger partial charge in [-0.2, -0.15) is 5.10 Å². The Hall–Kier alpha value is -6.14. The molecule has 2 atom stereocenters. The van der Waals surface area contributed by atoms with E-state index in [0.29, 0.717) is 42.9 Å². The van der Waals surface area contributed by atoms with Gasteiger partial charge in [-0.05, 0) is 119 Å². The third-order valence-corrected chi connectivity index (χ3v) is 16.8. The van der Waals surface area contributed by atoms with E-state index in [0.717, 1.165) is 101 Å². The monoisotopic (exact) mass is 1030 g/mol. The zero-order valence-corrected chi connectivity index (χ0v) is 42.8. The summed E-state index contributed by atoms with van der Waals surface area (Å²) in [5, 5.41) is 20.8. The SMILES string of the molecule is CCn1nc(N2CCC(=O)NC2=O)c2ccc(C3CCN(CC4CCN(C(=O)C5CCC(NCC6(c7ccccc7)Oc7cc(F)c(Cl)c(-c8c(C(N)=O)ccc(OCCO)c8F)c7C6C)CC5)CC4)CC3)cc21. The Morgan fingerprint density at radius 3 is 2.38 bits per heavy atom. The second kappa shape index (κ2) is 21.6. The molecule has 3 saturated heterocycles. The topological polar surface area (TPSA) is 185 Å². The number of hydrogen-bond donors (Lipinski definition) is 4. The lowest BCUT2D eigenvalue weighted by atomic mass is 9.77. The van der Waals surface area contributed by atoms with Gasteiger partial charge in [0.2, 0.25) is 17.7 Å². The van der Waals surface area contributed by atoms with Crippen LogP contribution < -0.4 is 30.7 Å². The largest absolute Gasteiger partial charge is 0.488 e. The first-order valence-electron chi connectivity index (χ1n) is 26.3. The predicted octanol–water partition coefficient (Wildman–Crippen LogP) is 8.23. The average Bonchev–Trinajstić information content (AvgIpc) is 3.93. The first-order chi connectivity index (χ1) is 35.8. The lowest BCUT2D eigenvalue weighted by molar-refractivity contribution is -0.138. The number of aliphatic hydroxyl groups excluding tert-OH is 1. The van der Waals surface area contributed by atoms with Crippen molar-refractivity contribution in [2.75, 3.05) is 63.9 Å². The number of halogens is 3. The lowest BCUT2D eigenvalue weighted by Crippen LogP contribution is -2.49. The number of carbonyl (C=O) groups excluding carboxylic acids is 4. The number of piperidine rings is 2. The molecule has 2 unspecified atom stereocenters. The molecule has 5 aromatic rings. The fraction of sp³-hybridized carbons (Fsp3) is 0.482. The van der Waals surface area contributed by atoms with Crippen molar-refractivity contribution in [3.63, 3.8) is 0 Å². The van der Waals surface area contributed by atoms with E-state index >= 15 is 8.78 Å². The van der Waals surface area contributed by atoms with Crippen molar-refractivity contribution in [3.05, 3.63) is 106 Å². The number of aliphatic hydroxyl groups is 1. The molecule has 1 aromatic heterocycles. The van der Waals surface area contributed by atoms with Crippen molar-refractivity contribution < 1.29 is 42.5 Å². The van der Waals surface area contributed by atoms with Gasteiger partial charge in [0, 0.05) is 91.7 Å². The van der Waals surface area contributed by atoms with Crippen molar-refractivity contribution in [2.24, 2.45) is 17.6 Å². The van der Waals surface area contributed by atoms with E-state index in [9.17, 15) is 24.3 Å². The van der Waals surface area contributed by atoms with Crippen LogP contribution in [0.1, 0.15) is 111 Å². The highest BCUT2D eigenvalue weighted by Gasteiger charge is 2.50. The molecule has 5 aliphatic rings. The average molecular weight is 1040 g/mol. The molecule has 392 valence electrons. The molecule has 5 amide bonds. The molecule has 4 aliphatic heterocycles. The maximum absolute atomic E-state index is 16.5. The first kappa shape index (κ1) is 51.4. The van der Waals surface area contributed by atoms with Gasteiger partial charge in [-0.15, -0.1) is 0 Å². The second-order valence-electron chi connectivity index (χ2n) is 20.7. The number of urea groups is 1. The van der Waals surface area contributed by atoms with Gasteiger partial charge in [0.05, 0.1) is 22.7 Å². The quantitative estimate of drug-likeness (QED) is 0.0797. The van der Waals surface area contributed by atoms with Crippen molar-refractivity contribution in [1.29, 1.82) is 0 Å². The maximum Gasteiger partial charge on any atom is 0.329 e. The Bertz CT molecular complexity index is 2930. The van der Waals surface area contributed by atoms with Crippen molar-refractivity contribution in [3.8, 4) is 22.6 Å². The molecule has 1 aliphatic carbocycles. The molecule has 0 radical (unpaired) electrons. The molecule has 4 fully saturated rings. The summed E-state index contributed by atoms with van der Waals surface area (Å²) < 4.78 is 46.6. The number of likely N-dealkylation sites (tertiary alicyclic amines) is 2. The van der Waals surface area contributed by atoms with Crippen LogP contribution in [0.5, 0.6) is 11.5 Å². The van der Waals surface area contributed by atoms with E-state index in [1.54, 1.807) is 4.90 Å². The summed E-state index contributed by atoms with van der Waals surface area (Å²) in [6.45, 7) is 9.28. The van der Waals surface area contributed by atoms with Gasteiger partial charge in [0.15, 0.2) is 23.0 Å². The van der Waals surface area contributed by atoms with Crippen LogP contribution in [0, 0.1) is 23.5 Å². The molecule has 5 N–H and O–H groups in total. The lowest BCUT2D eigenvalue weighted by Gasteiger charge is -2.40. The van der Waals surface area contributed by atoms with Gasteiger partial charge in [0.1, 0.15) is 18.2 Å². The Morgan fingerprint density at radius 1 is 0.946 bits per heavy atom. The molecule has 4 aromatic carbocycles. The summed E-state index contributed by atoms with van der Waals surface area (Å²) in [4.78, 5) is 57.5. The van der Waals surface area contributed by atoms with Gasteiger partial charge in [-0.25, -0.2) is 13.6 Å². The van der Waals surface area contributed by atoms with Gasteiger partial charge < -0.3 is 35.4 Å². The van der Waals surface area contributed by atoms with Gasteiger partial charge >= 0.3 is 6.03 Å². The minimum absolute atomic E-state index is 0.0477. The summed E-state index contributed by atoms with van der Waals surface area (Å²) in [6, 6.07) is 19.5. The number of fused-ring (bicyclic) bond motifs is 2. The summed E-state index contributed by atoms with van der Waals surface area (Å²) in [5.74, 6) is -1.91. The third-order valence-electron chi connectivity index (χ3n) is 16.5. The molecule has 5 heterocycles. The van der Waals surface area contributed by atoms with E-state index in [-0.39, 0.29) is 71.6 Å². The number of nitrogens with zero attached hydrogens (tertiary/aromatic N) is 5. The predicted molar refractivity (Wildman–Crippen MR) is 277 cm³/mol. The number of anilines is 1. The van der Waals surface area contributed by atoms with Crippen LogP contribution in [0.3, 0.4) is 0 Å².